The van der Waals surface area contributed by atoms with Crippen LogP contribution in [0.5, 0.6) is 0 Å². The maximum atomic E-state index is 11.5. The van der Waals surface area contributed by atoms with Crippen molar-refractivity contribution in [1.29, 1.82) is 5.26 Å². The number of nitro groups is 2. The molecule has 3 rings (SSSR count). The van der Waals surface area contributed by atoms with Gasteiger partial charge >= 0.3 is 11.4 Å². The van der Waals surface area contributed by atoms with Crippen LogP contribution < -0.4 is 10.4 Å². The summed E-state index contributed by atoms with van der Waals surface area (Å²) in [5.41, 5.74) is 3.49. The first kappa shape index (κ1) is 18.3. The maximum absolute atomic E-state index is 11.5. The lowest BCUT2D eigenvalue weighted by Gasteiger charge is -2.23. The molecule has 0 bridgehead atoms. The summed E-state index contributed by atoms with van der Waals surface area (Å²) in [4.78, 5) is 21.4. The van der Waals surface area contributed by atoms with Gasteiger partial charge in [-0.25, -0.2) is 5.01 Å². The number of hydrogen-bond acceptors (Lipinski definition) is 6. The summed E-state index contributed by atoms with van der Waals surface area (Å²) in [5, 5.41) is 33.4. The van der Waals surface area contributed by atoms with E-state index in [1.807, 2.05) is 0 Å². The van der Waals surface area contributed by atoms with Gasteiger partial charge in [0.05, 0.1) is 32.9 Å². The summed E-state index contributed by atoms with van der Waals surface area (Å²) >= 11 is 0. The molecule has 0 unspecified atom stereocenters. The highest BCUT2D eigenvalue weighted by Gasteiger charge is 2.30. The molecule has 28 heavy (non-hydrogen) atoms. The predicted octanol–water partition coefficient (Wildman–Crippen LogP) is 4.36. The number of nitriles is 1. The Morgan fingerprint density at radius 2 is 1.25 bits per heavy atom. The van der Waals surface area contributed by atoms with Crippen molar-refractivity contribution in [3.05, 3.63) is 98.6 Å². The zero-order valence-electron chi connectivity index (χ0n) is 14.3. The van der Waals surface area contributed by atoms with Crippen molar-refractivity contribution in [2.75, 3.05) is 5.01 Å². The molecule has 0 saturated carbocycles. The molecule has 3 aromatic carbocycles. The first-order chi connectivity index (χ1) is 13.5. The molecule has 0 heterocycles. The Morgan fingerprint density at radius 1 is 0.821 bits per heavy atom. The molecular formula is C19H12N5O4. The molecular weight excluding hydrogens is 362 g/mol. The third-order valence-electron chi connectivity index (χ3n) is 3.79. The van der Waals surface area contributed by atoms with E-state index in [4.69, 9.17) is 5.26 Å². The van der Waals surface area contributed by atoms with Crippen LogP contribution >= 0.6 is 0 Å². The van der Waals surface area contributed by atoms with Gasteiger partial charge in [-0.3, -0.25) is 20.2 Å². The Labute approximate surface area is 159 Å². The van der Waals surface area contributed by atoms with Crippen molar-refractivity contribution in [3.63, 3.8) is 0 Å². The molecule has 9 nitrogen and oxygen atoms in total. The largest absolute Gasteiger partial charge is 0.305 e. The second-order valence-electron chi connectivity index (χ2n) is 5.57. The molecule has 0 atom stereocenters. The van der Waals surface area contributed by atoms with Crippen LogP contribution in [0.15, 0.2) is 72.8 Å². The molecule has 0 N–H and O–H groups in total. The van der Waals surface area contributed by atoms with E-state index in [9.17, 15) is 20.2 Å². The molecule has 0 fully saturated rings. The Balaban J connectivity index is 2.20. The first-order valence-corrected chi connectivity index (χ1v) is 8.00. The van der Waals surface area contributed by atoms with Gasteiger partial charge in [0, 0.05) is 12.1 Å². The molecule has 0 amide bonds. The highest BCUT2D eigenvalue weighted by molar-refractivity contribution is 5.75. The van der Waals surface area contributed by atoms with Gasteiger partial charge in [-0.1, -0.05) is 36.4 Å². The second-order valence-corrected chi connectivity index (χ2v) is 5.57. The molecule has 0 saturated heterocycles. The fourth-order valence-corrected chi connectivity index (χ4v) is 2.55. The number of nitro benzene ring substituents is 2. The fraction of sp³-hybridized carbons (Fsp3) is 0. The molecule has 137 valence electrons. The average Bonchev–Trinajstić information content (AvgIpc) is 2.72. The van der Waals surface area contributed by atoms with Crippen molar-refractivity contribution in [2.45, 2.75) is 0 Å². The van der Waals surface area contributed by atoms with Crippen molar-refractivity contribution in [1.82, 2.24) is 5.43 Å². The number of benzene rings is 3. The van der Waals surface area contributed by atoms with Crippen LogP contribution in [-0.4, -0.2) is 9.85 Å². The zero-order chi connectivity index (χ0) is 20.1. The summed E-state index contributed by atoms with van der Waals surface area (Å²) in [6.07, 6.45) is 0. The van der Waals surface area contributed by atoms with E-state index < -0.39 is 26.9 Å². The van der Waals surface area contributed by atoms with Gasteiger partial charge in [0.1, 0.15) is 0 Å². The van der Waals surface area contributed by atoms with Crippen LogP contribution in [0.2, 0.25) is 0 Å². The van der Waals surface area contributed by atoms with Gasteiger partial charge in [0.25, 0.3) is 0 Å². The molecule has 0 spiro atoms. The van der Waals surface area contributed by atoms with E-state index in [1.54, 1.807) is 66.7 Å². The Hall–Kier alpha value is -4.45. The standard InChI is InChI=1S/C19H12N5O4/c20-13-14-11-17(23(25)26)19(18(12-14)24(27)28)21-22(15-7-3-1-4-8-15)16-9-5-2-6-10-16/h1-12H. The Morgan fingerprint density at radius 3 is 1.61 bits per heavy atom. The van der Waals surface area contributed by atoms with Gasteiger partial charge in [-0.2, -0.15) is 10.7 Å². The zero-order valence-corrected chi connectivity index (χ0v) is 14.3. The first-order valence-electron chi connectivity index (χ1n) is 8.00. The molecule has 9 heteroatoms. The monoisotopic (exact) mass is 374 g/mol. The topological polar surface area (TPSA) is 127 Å². The lowest BCUT2D eigenvalue weighted by molar-refractivity contribution is -0.393. The summed E-state index contributed by atoms with van der Waals surface area (Å²) in [6, 6.07) is 21.1. The number of para-hydroxylation sites is 2. The predicted molar refractivity (Wildman–Crippen MR) is 101 cm³/mol. The highest BCUT2D eigenvalue weighted by atomic mass is 16.6. The van der Waals surface area contributed by atoms with E-state index in [-0.39, 0.29) is 5.56 Å². The van der Waals surface area contributed by atoms with E-state index in [0.29, 0.717) is 11.4 Å². The van der Waals surface area contributed by atoms with Crippen LogP contribution in [0.4, 0.5) is 28.4 Å². The number of anilines is 2. The normalized spacial score (nSPS) is 9.96. The van der Waals surface area contributed by atoms with E-state index in [0.717, 1.165) is 12.1 Å². The highest BCUT2D eigenvalue weighted by Crippen LogP contribution is 2.38. The van der Waals surface area contributed by atoms with Crippen LogP contribution in [0, 0.1) is 31.6 Å². The fourth-order valence-electron chi connectivity index (χ4n) is 2.55. The Bertz CT molecular complexity index is 990. The van der Waals surface area contributed by atoms with Gasteiger partial charge < -0.3 is 0 Å². The number of nitrogens with zero attached hydrogens (tertiary/aromatic N) is 5. The lowest BCUT2D eigenvalue weighted by atomic mass is 10.1. The van der Waals surface area contributed by atoms with Crippen molar-refractivity contribution in [2.24, 2.45) is 0 Å². The lowest BCUT2D eigenvalue weighted by Crippen LogP contribution is -2.24. The van der Waals surface area contributed by atoms with Crippen LogP contribution in [0.3, 0.4) is 0 Å². The van der Waals surface area contributed by atoms with E-state index >= 15 is 0 Å². The van der Waals surface area contributed by atoms with E-state index in [1.165, 1.54) is 5.01 Å². The SMILES string of the molecule is N#Cc1cc([N+](=O)[O-])c([N]N(c2ccccc2)c2ccccc2)c([N+](=O)[O-])c1. The smallest absolute Gasteiger partial charge is 0.258 e. The molecule has 3 aromatic rings. The van der Waals surface area contributed by atoms with Gasteiger partial charge in [0.15, 0.2) is 0 Å². The van der Waals surface area contributed by atoms with Crippen molar-refractivity contribution in [3.8, 4) is 6.07 Å². The molecule has 0 aliphatic heterocycles. The minimum absolute atomic E-state index is 0.191. The summed E-state index contributed by atoms with van der Waals surface area (Å²) < 4.78 is 0. The molecule has 1 radical (unpaired) electrons. The number of hydrogen-bond donors (Lipinski definition) is 0. The molecule has 0 aromatic heterocycles. The van der Waals surface area contributed by atoms with Gasteiger partial charge in [0.2, 0.25) is 5.69 Å². The number of rotatable bonds is 6. The van der Waals surface area contributed by atoms with Crippen LogP contribution in [0.25, 0.3) is 0 Å². The summed E-state index contributed by atoms with van der Waals surface area (Å²) in [5.74, 6) is 0. The molecule has 0 aliphatic carbocycles. The quantitative estimate of drug-likeness (QED) is 0.466. The van der Waals surface area contributed by atoms with E-state index in [2.05, 4.69) is 5.43 Å². The maximum Gasteiger partial charge on any atom is 0.305 e. The average molecular weight is 374 g/mol. The third-order valence-corrected chi connectivity index (χ3v) is 3.79. The molecule has 0 aliphatic rings. The van der Waals surface area contributed by atoms with Crippen molar-refractivity contribution >= 4 is 28.4 Å². The second kappa shape index (κ2) is 7.84. The minimum atomic E-state index is -0.791. The third kappa shape index (κ3) is 3.71. The van der Waals surface area contributed by atoms with Crippen LogP contribution in [0.1, 0.15) is 5.56 Å². The van der Waals surface area contributed by atoms with Crippen LogP contribution in [-0.2, 0) is 0 Å². The summed E-state index contributed by atoms with van der Waals surface area (Å²) in [7, 11) is 0. The van der Waals surface area contributed by atoms with Gasteiger partial charge in [-0.05, 0) is 24.3 Å². The van der Waals surface area contributed by atoms with Crippen molar-refractivity contribution < 1.29 is 9.85 Å². The summed E-state index contributed by atoms with van der Waals surface area (Å²) in [6.45, 7) is 0. The minimum Gasteiger partial charge on any atom is -0.258 e. The Kier molecular flexibility index (Phi) is 5.14. The van der Waals surface area contributed by atoms with Gasteiger partial charge in [-0.15, -0.1) is 0 Å².